The van der Waals surface area contributed by atoms with Crippen molar-refractivity contribution in [1.82, 2.24) is 9.55 Å². The number of aromatic nitrogens is 2. The first-order chi connectivity index (χ1) is 8.36. The van der Waals surface area contributed by atoms with Gasteiger partial charge in [0.25, 0.3) is 0 Å². The van der Waals surface area contributed by atoms with Gasteiger partial charge in [-0.1, -0.05) is 12.1 Å². The lowest BCUT2D eigenvalue weighted by atomic mass is 10.2. The Balaban J connectivity index is 1.78. The van der Waals surface area contributed by atoms with Gasteiger partial charge in [0, 0.05) is 37.1 Å². The molecule has 1 saturated carbocycles. The zero-order valence-electron chi connectivity index (χ0n) is 10.1. The topological polar surface area (TPSA) is 29.9 Å². The second-order valence-electron chi connectivity index (χ2n) is 4.67. The predicted molar refractivity (Wildman–Crippen MR) is 69.3 cm³/mol. The molecule has 0 amide bonds. The first kappa shape index (κ1) is 10.4. The lowest BCUT2D eigenvalue weighted by molar-refractivity contribution is 0.742. The van der Waals surface area contributed by atoms with Gasteiger partial charge >= 0.3 is 0 Å². The van der Waals surface area contributed by atoms with Crippen LogP contribution in [0.15, 0.2) is 36.8 Å². The summed E-state index contributed by atoms with van der Waals surface area (Å²) in [7, 11) is 1.94. The Bertz CT molecular complexity index is 494. The number of benzene rings is 1. The Kier molecular flexibility index (Phi) is 2.59. The van der Waals surface area contributed by atoms with E-state index in [9.17, 15) is 0 Å². The van der Waals surface area contributed by atoms with Crippen LogP contribution in [0.4, 0.5) is 5.69 Å². The Labute approximate surface area is 101 Å². The minimum atomic E-state index is 0.758. The second-order valence-corrected chi connectivity index (χ2v) is 4.67. The molecule has 0 radical (unpaired) electrons. The number of nitrogens with zero attached hydrogens (tertiary/aromatic N) is 2. The number of nitrogens with one attached hydrogen (secondary N) is 1. The smallest absolute Gasteiger partial charge is 0.0951 e. The molecule has 0 aliphatic heterocycles. The maximum atomic E-state index is 4.26. The Morgan fingerprint density at radius 1 is 1.29 bits per heavy atom. The summed E-state index contributed by atoms with van der Waals surface area (Å²) in [6, 6.07) is 8.57. The summed E-state index contributed by atoms with van der Waals surface area (Å²) in [5.41, 5.74) is 3.87. The highest BCUT2D eigenvalue weighted by Gasteiger charge is 2.26. The molecule has 1 aromatic heterocycles. The molecule has 1 heterocycles. The zero-order valence-corrected chi connectivity index (χ0v) is 10.1. The first-order valence-corrected chi connectivity index (χ1v) is 6.13. The molecule has 1 aromatic carbocycles. The van der Waals surface area contributed by atoms with Crippen LogP contribution < -0.4 is 5.32 Å². The van der Waals surface area contributed by atoms with Crippen LogP contribution in [0, 0.1) is 0 Å². The van der Waals surface area contributed by atoms with Crippen LogP contribution in [0.25, 0.3) is 0 Å². The van der Waals surface area contributed by atoms with Crippen molar-refractivity contribution in [3.8, 4) is 0 Å². The van der Waals surface area contributed by atoms with Gasteiger partial charge in [-0.2, -0.15) is 0 Å². The fourth-order valence-electron chi connectivity index (χ4n) is 2.16. The zero-order chi connectivity index (χ0) is 11.7. The van der Waals surface area contributed by atoms with E-state index in [2.05, 4.69) is 39.1 Å². The van der Waals surface area contributed by atoms with Crippen LogP contribution in [0.3, 0.4) is 0 Å². The molecule has 88 valence electrons. The van der Waals surface area contributed by atoms with E-state index in [-0.39, 0.29) is 0 Å². The molecule has 1 aliphatic rings. The van der Waals surface area contributed by atoms with Gasteiger partial charge in [0.2, 0.25) is 0 Å². The van der Waals surface area contributed by atoms with E-state index in [1.54, 1.807) is 0 Å². The quantitative estimate of drug-likeness (QED) is 0.870. The lowest BCUT2D eigenvalue weighted by Crippen LogP contribution is -2.02. The van der Waals surface area contributed by atoms with E-state index in [0.29, 0.717) is 0 Å². The summed E-state index contributed by atoms with van der Waals surface area (Å²) in [6.45, 7) is 0.926. The summed E-state index contributed by atoms with van der Waals surface area (Å²) in [5.74, 6) is 0.758. The van der Waals surface area contributed by atoms with Crippen LogP contribution in [-0.2, 0) is 6.54 Å². The molecule has 3 nitrogen and oxygen atoms in total. The molecule has 0 unspecified atom stereocenters. The van der Waals surface area contributed by atoms with Crippen molar-refractivity contribution in [3.63, 3.8) is 0 Å². The number of imidazole rings is 1. The van der Waals surface area contributed by atoms with E-state index in [4.69, 9.17) is 0 Å². The maximum absolute atomic E-state index is 4.26. The number of rotatable bonds is 4. The number of hydrogen-bond acceptors (Lipinski definition) is 2. The van der Waals surface area contributed by atoms with Crippen molar-refractivity contribution in [1.29, 1.82) is 0 Å². The van der Waals surface area contributed by atoms with E-state index >= 15 is 0 Å². The van der Waals surface area contributed by atoms with Crippen LogP contribution in [0.5, 0.6) is 0 Å². The van der Waals surface area contributed by atoms with Gasteiger partial charge in [-0.3, -0.25) is 0 Å². The molecule has 0 bridgehead atoms. The highest BCUT2D eigenvalue weighted by molar-refractivity contribution is 5.43. The Morgan fingerprint density at radius 2 is 2.06 bits per heavy atom. The third kappa shape index (κ3) is 2.18. The van der Waals surface area contributed by atoms with Crippen LogP contribution in [-0.4, -0.2) is 16.6 Å². The van der Waals surface area contributed by atoms with E-state index in [0.717, 1.165) is 18.2 Å². The Morgan fingerprint density at radius 3 is 2.71 bits per heavy atom. The lowest BCUT2D eigenvalue weighted by Gasteiger charge is -2.08. The fourth-order valence-corrected chi connectivity index (χ4v) is 2.16. The van der Waals surface area contributed by atoms with Gasteiger partial charge in [0.1, 0.15) is 0 Å². The van der Waals surface area contributed by atoms with Crippen molar-refractivity contribution in [2.24, 2.45) is 0 Å². The molecule has 2 aromatic rings. The average Bonchev–Trinajstić information content (AvgIpc) is 3.11. The van der Waals surface area contributed by atoms with Gasteiger partial charge in [0.05, 0.1) is 6.33 Å². The molecule has 1 aliphatic carbocycles. The monoisotopic (exact) mass is 227 g/mol. The standard InChI is InChI=1S/C14H17N3/c1-15-13-6-2-11(3-7-13)9-17-10-16-8-14(17)12-4-5-12/h2-3,6-8,10,12,15H,4-5,9H2,1H3. The van der Waals surface area contributed by atoms with Crippen LogP contribution in [0.2, 0.25) is 0 Å². The van der Waals surface area contributed by atoms with Crippen molar-refractivity contribution in [3.05, 3.63) is 48.0 Å². The molecule has 1 N–H and O–H groups in total. The minimum Gasteiger partial charge on any atom is -0.388 e. The molecular formula is C14H17N3. The highest BCUT2D eigenvalue weighted by Crippen LogP contribution is 2.39. The van der Waals surface area contributed by atoms with Gasteiger partial charge in [-0.25, -0.2) is 4.98 Å². The predicted octanol–water partition coefficient (Wildman–Crippen LogP) is 2.85. The summed E-state index contributed by atoms with van der Waals surface area (Å²) in [5, 5.41) is 3.13. The molecule has 1 fully saturated rings. The van der Waals surface area contributed by atoms with Crippen molar-refractivity contribution >= 4 is 5.69 Å². The molecule has 0 saturated heterocycles. The van der Waals surface area contributed by atoms with Gasteiger partial charge in [-0.15, -0.1) is 0 Å². The normalized spacial score (nSPS) is 14.9. The maximum Gasteiger partial charge on any atom is 0.0951 e. The van der Waals surface area contributed by atoms with Gasteiger partial charge in [0.15, 0.2) is 0 Å². The van der Waals surface area contributed by atoms with Crippen LogP contribution in [0.1, 0.15) is 30.0 Å². The molecule has 0 atom stereocenters. The SMILES string of the molecule is CNc1ccc(Cn2cncc2C2CC2)cc1. The molecular weight excluding hydrogens is 210 g/mol. The molecule has 3 heteroatoms. The first-order valence-electron chi connectivity index (χ1n) is 6.13. The van der Waals surface area contributed by atoms with Crippen molar-refractivity contribution in [2.75, 3.05) is 12.4 Å². The fraction of sp³-hybridized carbons (Fsp3) is 0.357. The van der Waals surface area contributed by atoms with E-state index < -0.39 is 0 Å². The second kappa shape index (κ2) is 4.24. The largest absolute Gasteiger partial charge is 0.388 e. The minimum absolute atomic E-state index is 0.758. The molecule has 0 spiro atoms. The number of hydrogen-bond donors (Lipinski definition) is 1. The third-order valence-electron chi connectivity index (χ3n) is 3.34. The average molecular weight is 227 g/mol. The van der Waals surface area contributed by atoms with Crippen molar-refractivity contribution < 1.29 is 0 Å². The highest BCUT2D eigenvalue weighted by atomic mass is 15.0. The van der Waals surface area contributed by atoms with E-state index in [1.165, 1.54) is 24.1 Å². The Hall–Kier alpha value is -1.77. The molecule has 17 heavy (non-hydrogen) atoms. The summed E-state index contributed by atoms with van der Waals surface area (Å²) >= 11 is 0. The van der Waals surface area contributed by atoms with Gasteiger partial charge in [-0.05, 0) is 30.5 Å². The van der Waals surface area contributed by atoms with Crippen molar-refractivity contribution in [2.45, 2.75) is 25.3 Å². The van der Waals surface area contributed by atoms with Gasteiger partial charge < -0.3 is 9.88 Å². The van der Waals surface area contributed by atoms with E-state index in [1.807, 2.05) is 19.6 Å². The summed E-state index contributed by atoms with van der Waals surface area (Å²) in [6.07, 6.45) is 6.61. The summed E-state index contributed by atoms with van der Waals surface area (Å²) < 4.78 is 2.27. The summed E-state index contributed by atoms with van der Waals surface area (Å²) in [4.78, 5) is 4.26. The molecule has 3 rings (SSSR count). The number of anilines is 1. The third-order valence-corrected chi connectivity index (χ3v) is 3.34. The van der Waals surface area contributed by atoms with Crippen LogP contribution >= 0.6 is 0 Å².